The Labute approximate surface area is 99.3 Å². The van der Waals surface area contributed by atoms with Crippen LogP contribution in [0.1, 0.15) is 11.1 Å². The molecule has 16 heavy (non-hydrogen) atoms. The van der Waals surface area contributed by atoms with Gasteiger partial charge in [0.25, 0.3) is 0 Å². The predicted molar refractivity (Wildman–Crippen MR) is 65.5 cm³/mol. The first kappa shape index (κ1) is 10.6. The fourth-order valence-electron chi connectivity index (χ4n) is 1.22. The normalized spacial score (nSPS) is 9.31. The van der Waals surface area contributed by atoms with Crippen LogP contribution in [0.3, 0.4) is 0 Å². The Bertz CT molecular complexity index is 480. The molecular weight excluding hydrogens is 220 g/mol. The van der Waals surface area contributed by atoms with E-state index in [1.54, 1.807) is 24.3 Å². The maximum Gasteiger partial charge on any atom is 0.115 e. The highest BCUT2D eigenvalue weighted by Gasteiger charge is 1.89. The number of rotatable bonds is 0. The molecule has 0 unspecified atom stereocenters. The van der Waals surface area contributed by atoms with Crippen LogP contribution in [0.2, 0.25) is 5.02 Å². The molecule has 2 aromatic carbocycles. The standard InChI is InChI=1S/C14H9ClO/c15-13-7-3-11(4-8-13)1-2-12-5-9-14(16)10-6-12/h3-10,16H. The highest BCUT2D eigenvalue weighted by Crippen LogP contribution is 2.10. The van der Waals surface area contributed by atoms with Crippen molar-refractivity contribution in [3.8, 4) is 17.6 Å². The van der Waals surface area contributed by atoms with Crippen LogP contribution in [0.25, 0.3) is 0 Å². The minimum absolute atomic E-state index is 0.247. The Hall–Kier alpha value is -1.91. The van der Waals surface area contributed by atoms with E-state index in [1.165, 1.54) is 0 Å². The second-order valence-corrected chi connectivity index (χ2v) is 3.74. The molecule has 2 rings (SSSR count). The third-order valence-electron chi connectivity index (χ3n) is 2.06. The first-order chi connectivity index (χ1) is 7.74. The topological polar surface area (TPSA) is 20.2 Å². The Balaban J connectivity index is 2.21. The highest BCUT2D eigenvalue weighted by molar-refractivity contribution is 6.30. The van der Waals surface area contributed by atoms with Crippen molar-refractivity contribution in [2.45, 2.75) is 0 Å². The molecule has 78 valence electrons. The molecule has 0 heterocycles. The molecule has 0 aliphatic rings. The van der Waals surface area contributed by atoms with Crippen molar-refractivity contribution in [3.05, 3.63) is 64.7 Å². The van der Waals surface area contributed by atoms with Crippen LogP contribution < -0.4 is 0 Å². The highest BCUT2D eigenvalue weighted by atomic mass is 35.5. The van der Waals surface area contributed by atoms with Gasteiger partial charge < -0.3 is 5.11 Å². The van der Waals surface area contributed by atoms with Gasteiger partial charge in [-0.05, 0) is 48.5 Å². The molecule has 0 spiro atoms. The number of hydrogen-bond donors (Lipinski definition) is 1. The fourth-order valence-corrected chi connectivity index (χ4v) is 1.35. The summed E-state index contributed by atoms with van der Waals surface area (Å²) in [6, 6.07) is 14.1. The van der Waals surface area contributed by atoms with Crippen LogP contribution in [0.4, 0.5) is 0 Å². The molecule has 1 N–H and O–H groups in total. The quantitative estimate of drug-likeness (QED) is 0.685. The van der Waals surface area contributed by atoms with Crippen LogP contribution in [0.5, 0.6) is 5.75 Å². The summed E-state index contributed by atoms with van der Waals surface area (Å²) >= 11 is 5.77. The van der Waals surface area contributed by atoms with Crippen molar-refractivity contribution in [1.29, 1.82) is 0 Å². The zero-order valence-electron chi connectivity index (χ0n) is 8.44. The van der Waals surface area contributed by atoms with E-state index in [1.807, 2.05) is 24.3 Å². The lowest BCUT2D eigenvalue weighted by atomic mass is 10.2. The third-order valence-corrected chi connectivity index (χ3v) is 2.31. The van der Waals surface area contributed by atoms with E-state index >= 15 is 0 Å². The Kier molecular flexibility index (Phi) is 3.14. The van der Waals surface area contributed by atoms with E-state index in [4.69, 9.17) is 16.7 Å². The van der Waals surface area contributed by atoms with Crippen molar-refractivity contribution < 1.29 is 5.11 Å². The monoisotopic (exact) mass is 228 g/mol. The summed E-state index contributed by atoms with van der Waals surface area (Å²) in [7, 11) is 0. The van der Waals surface area contributed by atoms with Crippen LogP contribution in [0.15, 0.2) is 48.5 Å². The second kappa shape index (κ2) is 4.74. The smallest absolute Gasteiger partial charge is 0.115 e. The van der Waals surface area contributed by atoms with E-state index in [-0.39, 0.29) is 5.75 Å². The summed E-state index contributed by atoms with van der Waals surface area (Å²) in [5.74, 6) is 6.27. The van der Waals surface area contributed by atoms with Crippen molar-refractivity contribution in [3.63, 3.8) is 0 Å². The van der Waals surface area contributed by atoms with Crippen molar-refractivity contribution in [1.82, 2.24) is 0 Å². The molecule has 0 amide bonds. The van der Waals surface area contributed by atoms with Gasteiger partial charge in [0.1, 0.15) is 5.75 Å². The van der Waals surface area contributed by atoms with Crippen LogP contribution in [-0.2, 0) is 0 Å². The van der Waals surface area contributed by atoms with Crippen molar-refractivity contribution >= 4 is 11.6 Å². The Morgan fingerprint density at radius 3 is 1.69 bits per heavy atom. The van der Waals surface area contributed by atoms with Gasteiger partial charge >= 0.3 is 0 Å². The first-order valence-corrected chi connectivity index (χ1v) is 5.18. The van der Waals surface area contributed by atoms with E-state index in [2.05, 4.69) is 11.8 Å². The minimum Gasteiger partial charge on any atom is -0.508 e. The molecule has 2 aromatic rings. The number of phenols is 1. The average molecular weight is 229 g/mol. The van der Waals surface area contributed by atoms with Crippen molar-refractivity contribution in [2.75, 3.05) is 0 Å². The molecule has 0 radical (unpaired) electrons. The Morgan fingerprint density at radius 2 is 1.19 bits per heavy atom. The second-order valence-electron chi connectivity index (χ2n) is 3.30. The van der Waals surface area contributed by atoms with Gasteiger partial charge in [0, 0.05) is 16.1 Å². The molecule has 0 aromatic heterocycles. The number of phenolic OH excluding ortho intramolecular Hbond substituents is 1. The first-order valence-electron chi connectivity index (χ1n) is 4.81. The SMILES string of the molecule is Oc1ccc(C#Cc2ccc(Cl)cc2)cc1. The van der Waals surface area contributed by atoms with Gasteiger partial charge in [-0.25, -0.2) is 0 Å². The molecule has 1 nitrogen and oxygen atoms in total. The summed E-state index contributed by atoms with van der Waals surface area (Å²) < 4.78 is 0. The maximum atomic E-state index is 9.11. The lowest BCUT2D eigenvalue weighted by molar-refractivity contribution is 0.475. The lowest BCUT2D eigenvalue weighted by Gasteiger charge is -1.92. The summed E-state index contributed by atoms with van der Waals surface area (Å²) in [5.41, 5.74) is 1.78. The molecule has 0 bridgehead atoms. The lowest BCUT2D eigenvalue weighted by Crippen LogP contribution is -1.75. The van der Waals surface area contributed by atoms with Gasteiger partial charge in [-0.3, -0.25) is 0 Å². The molecule has 0 aliphatic heterocycles. The van der Waals surface area contributed by atoms with Crippen LogP contribution in [0, 0.1) is 11.8 Å². The number of benzene rings is 2. The molecule has 0 saturated carbocycles. The molecule has 0 aliphatic carbocycles. The number of halogens is 1. The fraction of sp³-hybridized carbons (Fsp3) is 0. The number of hydrogen-bond acceptors (Lipinski definition) is 1. The largest absolute Gasteiger partial charge is 0.508 e. The van der Waals surface area contributed by atoms with Gasteiger partial charge in [-0.2, -0.15) is 0 Å². The summed E-state index contributed by atoms with van der Waals surface area (Å²) in [5, 5.41) is 9.81. The van der Waals surface area contributed by atoms with Gasteiger partial charge in [0.2, 0.25) is 0 Å². The van der Waals surface area contributed by atoms with Gasteiger partial charge in [-0.15, -0.1) is 0 Å². The summed E-state index contributed by atoms with van der Waals surface area (Å²) in [6.45, 7) is 0. The predicted octanol–water partition coefficient (Wildman–Crippen LogP) is 3.45. The molecular formula is C14H9ClO. The van der Waals surface area contributed by atoms with E-state index < -0.39 is 0 Å². The average Bonchev–Trinajstić information content (AvgIpc) is 2.30. The van der Waals surface area contributed by atoms with Crippen LogP contribution in [-0.4, -0.2) is 5.11 Å². The maximum absolute atomic E-state index is 9.11. The number of aromatic hydroxyl groups is 1. The van der Waals surface area contributed by atoms with Crippen molar-refractivity contribution in [2.24, 2.45) is 0 Å². The summed E-state index contributed by atoms with van der Waals surface area (Å²) in [4.78, 5) is 0. The zero-order chi connectivity index (χ0) is 11.4. The Morgan fingerprint density at radius 1 is 0.750 bits per heavy atom. The molecule has 0 atom stereocenters. The van der Waals surface area contributed by atoms with Gasteiger partial charge in [0.15, 0.2) is 0 Å². The van der Waals surface area contributed by atoms with E-state index in [0.717, 1.165) is 11.1 Å². The van der Waals surface area contributed by atoms with E-state index in [9.17, 15) is 0 Å². The van der Waals surface area contributed by atoms with Gasteiger partial charge in [0.05, 0.1) is 0 Å². The third kappa shape index (κ3) is 2.79. The summed E-state index contributed by atoms with van der Waals surface area (Å²) in [6.07, 6.45) is 0. The molecule has 0 saturated heterocycles. The molecule has 2 heteroatoms. The van der Waals surface area contributed by atoms with Gasteiger partial charge in [-0.1, -0.05) is 23.4 Å². The minimum atomic E-state index is 0.247. The van der Waals surface area contributed by atoms with Crippen LogP contribution >= 0.6 is 11.6 Å². The zero-order valence-corrected chi connectivity index (χ0v) is 9.20. The van der Waals surface area contributed by atoms with E-state index in [0.29, 0.717) is 5.02 Å². The molecule has 0 fully saturated rings.